The van der Waals surface area contributed by atoms with Crippen LogP contribution >= 0.6 is 45.7 Å². The maximum atomic E-state index is 3.88. The Morgan fingerprint density at radius 3 is 2.13 bits per heavy atom. The van der Waals surface area contributed by atoms with Gasteiger partial charge in [-0.3, -0.25) is 0 Å². The van der Waals surface area contributed by atoms with Gasteiger partial charge >= 0.3 is 0 Å². The number of nitrogens with zero attached hydrogens (tertiary/aromatic N) is 2. The first kappa shape index (κ1) is 11.4. The SMILES string of the molecule is IN1CCC(NC2C3CN(I)CC32)CC1. The zero-order chi connectivity index (χ0) is 10.4. The monoisotopic (exact) mass is 433 g/mol. The highest BCUT2D eigenvalue weighted by Crippen LogP contribution is 2.47. The molecule has 2 unspecified atom stereocenters. The zero-order valence-corrected chi connectivity index (χ0v) is 13.0. The van der Waals surface area contributed by atoms with E-state index in [-0.39, 0.29) is 0 Å². The molecular weight excluding hydrogens is 416 g/mol. The number of hydrogen-bond donors (Lipinski definition) is 1. The molecule has 1 aliphatic carbocycles. The van der Waals surface area contributed by atoms with Crippen LogP contribution in [0.25, 0.3) is 0 Å². The third-order valence-electron chi connectivity index (χ3n) is 4.02. The lowest BCUT2D eigenvalue weighted by Gasteiger charge is -2.29. The minimum absolute atomic E-state index is 0.800. The number of piperidine rings is 2. The van der Waals surface area contributed by atoms with Crippen LogP contribution in [0.3, 0.4) is 0 Å². The normalized spacial score (nSPS) is 43.2. The molecule has 2 heterocycles. The molecule has 1 N–H and O–H groups in total. The van der Waals surface area contributed by atoms with Gasteiger partial charge in [-0.15, -0.1) is 0 Å². The number of halogens is 2. The van der Waals surface area contributed by atoms with Gasteiger partial charge in [0.25, 0.3) is 0 Å². The van der Waals surface area contributed by atoms with Crippen molar-refractivity contribution in [1.82, 2.24) is 11.5 Å². The summed E-state index contributed by atoms with van der Waals surface area (Å²) in [5, 5.41) is 3.88. The molecular formula is C10H17I2N3. The summed E-state index contributed by atoms with van der Waals surface area (Å²) in [4.78, 5) is 0. The minimum atomic E-state index is 0.800. The molecule has 0 aromatic rings. The summed E-state index contributed by atoms with van der Waals surface area (Å²) in [6, 6.07) is 1.66. The quantitative estimate of drug-likeness (QED) is 0.529. The Kier molecular flexibility index (Phi) is 3.47. The van der Waals surface area contributed by atoms with E-state index in [0.717, 1.165) is 23.9 Å². The standard InChI is InChI=1S/C10H17I2N3/c11-14-3-1-7(2-4-14)13-10-8-5-15(12)6-9(8)10/h7-10,13H,1-6H2. The van der Waals surface area contributed by atoms with Crippen LogP contribution in [0.4, 0.5) is 0 Å². The van der Waals surface area contributed by atoms with Gasteiger partial charge in [-0.1, -0.05) is 0 Å². The van der Waals surface area contributed by atoms with Gasteiger partial charge < -0.3 is 5.32 Å². The van der Waals surface area contributed by atoms with Crippen LogP contribution in [0.15, 0.2) is 0 Å². The van der Waals surface area contributed by atoms with Crippen molar-refractivity contribution in [3.63, 3.8) is 0 Å². The molecule has 3 rings (SSSR count). The minimum Gasteiger partial charge on any atom is -0.310 e. The summed E-state index contributed by atoms with van der Waals surface area (Å²) >= 11 is 4.90. The lowest BCUT2D eigenvalue weighted by molar-refractivity contribution is 0.311. The van der Waals surface area contributed by atoms with Gasteiger partial charge in [0.2, 0.25) is 0 Å². The van der Waals surface area contributed by atoms with E-state index in [1.54, 1.807) is 0 Å². The van der Waals surface area contributed by atoms with Crippen molar-refractivity contribution in [1.29, 1.82) is 0 Å². The van der Waals surface area contributed by atoms with Crippen molar-refractivity contribution < 1.29 is 0 Å². The highest BCUT2D eigenvalue weighted by atomic mass is 127. The zero-order valence-electron chi connectivity index (χ0n) is 8.70. The fraction of sp³-hybridized carbons (Fsp3) is 1.00. The van der Waals surface area contributed by atoms with E-state index in [1.165, 1.54) is 39.0 Å². The van der Waals surface area contributed by atoms with Crippen LogP contribution in [0, 0.1) is 11.8 Å². The van der Waals surface area contributed by atoms with E-state index in [1.807, 2.05) is 0 Å². The molecule has 86 valence electrons. The maximum Gasteiger partial charge on any atom is 0.0201 e. The van der Waals surface area contributed by atoms with Crippen LogP contribution in [-0.2, 0) is 0 Å². The van der Waals surface area contributed by atoms with Gasteiger partial charge in [0.15, 0.2) is 0 Å². The Labute approximate surface area is 119 Å². The van der Waals surface area contributed by atoms with Crippen molar-refractivity contribution in [2.45, 2.75) is 24.9 Å². The highest BCUT2D eigenvalue weighted by molar-refractivity contribution is 14.1. The summed E-state index contributed by atoms with van der Waals surface area (Å²) in [7, 11) is 0. The second-order valence-electron chi connectivity index (χ2n) is 5.03. The van der Waals surface area contributed by atoms with Crippen molar-refractivity contribution in [2.24, 2.45) is 11.8 Å². The summed E-state index contributed by atoms with van der Waals surface area (Å²) in [6.07, 6.45) is 2.68. The number of fused-ring (bicyclic) bond motifs is 1. The summed E-state index contributed by atoms with van der Waals surface area (Å²) in [6.45, 7) is 5.15. The molecule has 3 fully saturated rings. The van der Waals surface area contributed by atoms with Gasteiger partial charge in [-0.05, 0) is 24.7 Å². The number of hydrogen-bond acceptors (Lipinski definition) is 3. The van der Waals surface area contributed by atoms with Crippen LogP contribution < -0.4 is 5.32 Å². The largest absolute Gasteiger partial charge is 0.310 e. The molecule has 2 atom stereocenters. The third-order valence-corrected chi connectivity index (χ3v) is 5.77. The molecule has 0 bridgehead atoms. The van der Waals surface area contributed by atoms with E-state index in [4.69, 9.17) is 0 Å². The Balaban J connectivity index is 1.44. The fourth-order valence-corrected chi connectivity index (χ4v) is 4.48. The molecule has 0 amide bonds. The molecule has 0 radical (unpaired) electrons. The van der Waals surface area contributed by atoms with Gasteiger partial charge in [0.05, 0.1) is 0 Å². The molecule has 0 spiro atoms. The topological polar surface area (TPSA) is 18.5 Å². The summed E-state index contributed by atoms with van der Waals surface area (Å²) in [5.74, 6) is 1.94. The first-order chi connectivity index (χ1) is 7.24. The second-order valence-corrected chi connectivity index (χ2v) is 7.76. The molecule has 2 aliphatic heterocycles. The van der Waals surface area contributed by atoms with Gasteiger partial charge in [0.1, 0.15) is 0 Å². The molecule has 1 saturated carbocycles. The van der Waals surface area contributed by atoms with Crippen molar-refractivity contribution >= 4 is 45.7 Å². The molecule has 0 aromatic heterocycles. The Morgan fingerprint density at radius 2 is 1.53 bits per heavy atom. The Hall–Kier alpha value is 1.34. The first-order valence-corrected chi connectivity index (χ1v) is 7.74. The van der Waals surface area contributed by atoms with Crippen LogP contribution in [-0.4, -0.2) is 44.5 Å². The molecule has 0 aromatic carbocycles. The Bertz CT molecular complexity index is 231. The van der Waals surface area contributed by atoms with Crippen LogP contribution in [0.5, 0.6) is 0 Å². The van der Waals surface area contributed by atoms with Crippen molar-refractivity contribution in [3.05, 3.63) is 0 Å². The number of nitrogens with one attached hydrogen (secondary N) is 1. The van der Waals surface area contributed by atoms with Crippen LogP contribution in [0.2, 0.25) is 0 Å². The molecule has 5 heteroatoms. The fourth-order valence-electron chi connectivity index (χ4n) is 3.01. The predicted molar refractivity (Wildman–Crippen MR) is 78.1 cm³/mol. The summed E-state index contributed by atoms with van der Waals surface area (Å²) in [5.41, 5.74) is 0. The number of rotatable bonds is 2. The van der Waals surface area contributed by atoms with Gasteiger partial charge in [0, 0.05) is 84.0 Å². The van der Waals surface area contributed by atoms with E-state index in [9.17, 15) is 0 Å². The van der Waals surface area contributed by atoms with E-state index in [0.29, 0.717) is 0 Å². The average molecular weight is 433 g/mol. The summed E-state index contributed by atoms with van der Waals surface area (Å²) < 4.78 is 4.86. The maximum absolute atomic E-state index is 3.88. The van der Waals surface area contributed by atoms with E-state index < -0.39 is 0 Å². The predicted octanol–water partition coefficient (Wildman–Crippen LogP) is 1.67. The molecule has 2 saturated heterocycles. The van der Waals surface area contributed by atoms with E-state index in [2.05, 4.69) is 57.3 Å². The van der Waals surface area contributed by atoms with Gasteiger partial charge in [-0.25, -0.2) is 6.23 Å². The Morgan fingerprint density at radius 1 is 0.933 bits per heavy atom. The van der Waals surface area contributed by atoms with Crippen molar-refractivity contribution in [3.8, 4) is 0 Å². The second kappa shape index (κ2) is 4.55. The smallest absolute Gasteiger partial charge is 0.0201 e. The molecule has 3 aliphatic rings. The lowest BCUT2D eigenvalue weighted by atomic mass is 10.1. The highest BCUT2D eigenvalue weighted by Gasteiger charge is 2.55. The molecule has 3 nitrogen and oxygen atoms in total. The average Bonchev–Trinajstić information content (AvgIpc) is 2.69. The van der Waals surface area contributed by atoms with E-state index >= 15 is 0 Å². The van der Waals surface area contributed by atoms with Gasteiger partial charge in [-0.2, -0.15) is 0 Å². The van der Waals surface area contributed by atoms with Crippen LogP contribution in [0.1, 0.15) is 12.8 Å². The third kappa shape index (κ3) is 2.46. The first-order valence-electron chi connectivity index (χ1n) is 5.81. The lowest BCUT2D eigenvalue weighted by Crippen LogP contribution is -2.42. The van der Waals surface area contributed by atoms with Crippen molar-refractivity contribution in [2.75, 3.05) is 26.2 Å². The molecule has 15 heavy (non-hydrogen) atoms.